The molecule has 82 valence electrons. The minimum Gasteiger partial charge on any atom is -0.480 e. The summed E-state index contributed by atoms with van der Waals surface area (Å²) in [5.74, 6) is 1.26. The fourth-order valence-corrected chi connectivity index (χ4v) is 1.25. The summed E-state index contributed by atoms with van der Waals surface area (Å²) in [5.41, 5.74) is 0. The number of carbonyl (C=O) groups excluding carboxylic acids is 1. The normalized spacial score (nSPS) is 15.0. The van der Waals surface area contributed by atoms with Gasteiger partial charge in [0.25, 0.3) is 5.91 Å². The van der Waals surface area contributed by atoms with E-state index in [-0.39, 0.29) is 12.5 Å². The van der Waals surface area contributed by atoms with E-state index in [4.69, 9.17) is 4.74 Å². The van der Waals surface area contributed by atoms with Gasteiger partial charge in [-0.25, -0.2) is 0 Å². The van der Waals surface area contributed by atoms with E-state index >= 15 is 0 Å². The Morgan fingerprint density at radius 1 is 1.73 bits per heavy atom. The maximum Gasteiger partial charge on any atom is 0.257 e. The third-order valence-corrected chi connectivity index (χ3v) is 2.34. The fraction of sp³-hybridized carbons (Fsp3) is 0.600. The van der Waals surface area contributed by atoms with Crippen molar-refractivity contribution in [1.82, 2.24) is 15.1 Å². The fourth-order valence-electron chi connectivity index (χ4n) is 1.25. The molecule has 0 unspecified atom stereocenters. The number of hydrogen-bond acceptors (Lipinski definition) is 3. The minimum atomic E-state index is -0.0641. The van der Waals surface area contributed by atoms with Crippen LogP contribution in [0.4, 0.5) is 0 Å². The first-order valence-electron chi connectivity index (χ1n) is 5.12. The van der Waals surface area contributed by atoms with E-state index in [1.807, 2.05) is 0 Å². The summed E-state index contributed by atoms with van der Waals surface area (Å²) in [6.45, 7) is 0.855. The van der Waals surface area contributed by atoms with E-state index < -0.39 is 0 Å². The lowest BCUT2D eigenvalue weighted by Gasteiger charge is -2.04. The number of hydrogen-bond donors (Lipinski definition) is 1. The van der Waals surface area contributed by atoms with Crippen molar-refractivity contribution in [2.24, 2.45) is 13.0 Å². The van der Waals surface area contributed by atoms with Crippen LogP contribution in [0.25, 0.3) is 0 Å². The van der Waals surface area contributed by atoms with Crippen LogP contribution >= 0.6 is 0 Å². The van der Waals surface area contributed by atoms with Crippen molar-refractivity contribution in [2.75, 3.05) is 13.2 Å². The maximum atomic E-state index is 11.3. The van der Waals surface area contributed by atoms with Crippen LogP contribution in [-0.4, -0.2) is 28.8 Å². The van der Waals surface area contributed by atoms with Crippen LogP contribution in [0, 0.1) is 5.92 Å². The lowest BCUT2D eigenvalue weighted by atomic mass is 10.4. The monoisotopic (exact) mass is 209 g/mol. The molecule has 1 aliphatic carbocycles. The minimum absolute atomic E-state index is 0.0641. The van der Waals surface area contributed by atoms with Crippen LogP contribution in [0.1, 0.15) is 12.8 Å². The Morgan fingerprint density at radius 3 is 3.13 bits per heavy atom. The molecule has 1 N–H and O–H groups in total. The van der Waals surface area contributed by atoms with E-state index in [0.29, 0.717) is 11.7 Å². The topological polar surface area (TPSA) is 56.1 Å². The van der Waals surface area contributed by atoms with Gasteiger partial charge in [-0.05, 0) is 18.8 Å². The number of nitrogens with one attached hydrogen (secondary N) is 1. The summed E-state index contributed by atoms with van der Waals surface area (Å²) in [5, 5.41) is 6.77. The van der Waals surface area contributed by atoms with Gasteiger partial charge in [-0.15, -0.1) is 0 Å². The highest BCUT2D eigenvalue weighted by molar-refractivity contribution is 5.77. The second-order valence-corrected chi connectivity index (χ2v) is 3.89. The Kier molecular flexibility index (Phi) is 2.89. The second-order valence-electron chi connectivity index (χ2n) is 3.89. The standard InChI is InChI=1S/C10H15N3O2/c1-13-6-9(5-12-13)15-7-10(14)11-4-8-2-3-8/h5-6,8H,2-4,7H2,1H3,(H,11,14). The van der Waals surface area contributed by atoms with E-state index in [9.17, 15) is 4.79 Å². The molecular formula is C10H15N3O2. The number of aromatic nitrogens is 2. The predicted octanol–water partition coefficient (Wildman–Crippen LogP) is 0.325. The van der Waals surface area contributed by atoms with Gasteiger partial charge in [-0.2, -0.15) is 5.10 Å². The molecule has 0 bridgehead atoms. The lowest BCUT2D eigenvalue weighted by Crippen LogP contribution is -2.30. The highest BCUT2D eigenvalue weighted by atomic mass is 16.5. The third-order valence-electron chi connectivity index (χ3n) is 2.34. The zero-order valence-electron chi connectivity index (χ0n) is 8.77. The Hall–Kier alpha value is -1.52. The molecule has 0 atom stereocenters. The average Bonchev–Trinajstić information content (AvgIpc) is 2.95. The van der Waals surface area contributed by atoms with E-state index in [1.54, 1.807) is 24.1 Å². The first-order valence-corrected chi connectivity index (χ1v) is 5.12. The number of ether oxygens (including phenoxy) is 1. The number of aryl methyl sites for hydroxylation is 1. The van der Waals surface area contributed by atoms with Gasteiger partial charge in [-0.1, -0.05) is 0 Å². The van der Waals surface area contributed by atoms with Crippen molar-refractivity contribution in [3.05, 3.63) is 12.4 Å². The molecule has 1 aromatic rings. The van der Waals surface area contributed by atoms with Crippen LogP contribution < -0.4 is 10.1 Å². The van der Waals surface area contributed by atoms with Crippen LogP contribution in [0.15, 0.2) is 12.4 Å². The molecule has 1 amide bonds. The van der Waals surface area contributed by atoms with Crippen molar-refractivity contribution in [1.29, 1.82) is 0 Å². The van der Waals surface area contributed by atoms with Gasteiger partial charge in [0, 0.05) is 13.6 Å². The molecule has 1 saturated carbocycles. The molecule has 0 radical (unpaired) electrons. The number of carbonyl (C=O) groups is 1. The third kappa shape index (κ3) is 3.27. The maximum absolute atomic E-state index is 11.3. The molecule has 1 aromatic heterocycles. The second kappa shape index (κ2) is 4.33. The van der Waals surface area contributed by atoms with Crippen molar-refractivity contribution < 1.29 is 9.53 Å². The van der Waals surface area contributed by atoms with Gasteiger partial charge in [0.1, 0.15) is 0 Å². The number of amides is 1. The van der Waals surface area contributed by atoms with Gasteiger partial charge in [-0.3, -0.25) is 9.48 Å². The molecule has 15 heavy (non-hydrogen) atoms. The smallest absolute Gasteiger partial charge is 0.257 e. The Balaban J connectivity index is 1.65. The molecule has 0 saturated heterocycles. The van der Waals surface area contributed by atoms with E-state index in [1.165, 1.54) is 12.8 Å². The molecule has 1 fully saturated rings. The summed E-state index contributed by atoms with van der Waals surface area (Å²) >= 11 is 0. The van der Waals surface area contributed by atoms with Crippen LogP contribution in [0.2, 0.25) is 0 Å². The quantitative estimate of drug-likeness (QED) is 0.760. The summed E-state index contributed by atoms with van der Waals surface area (Å²) in [4.78, 5) is 11.3. The highest BCUT2D eigenvalue weighted by Gasteiger charge is 2.21. The molecular weight excluding hydrogens is 194 g/mol. The Bertz CT molecular complexity index is 344. The summed E-state index contributed by atoms with van der Waals surface area (Å²) in [6, 6.07) is 0. The molecule has 0 spiro atoms. The molecule has 1 heterocycles. The molecule has 2 rings (SSSR count). The highest BCUT2D eigenvalue weighted by Crippen LogP contribution is 2.27. The lowest BCUT2D eigenvalue weighted by molar-refractivity contribution is -0.123. The SMILES string of the molecule is Cn1cc(OCC(=O)NCC2CC2)cn1. The molecule has 5 nitrogen and oxygen atoms in total. The van der Waals surface area contributed by atoms with Crippen molar-refractivity contribution in [3.8, 4) is 5.75 Å². The average molecular weight is 209 g/mol. The number of nitrogens with zero attached hydrogens (tertiary/aromatic N) is 2. The predicted molar refractivity (Wildman–Crippen MR) is 54.4 cm³/mol. The summed E-state index contributed by atoms with van der Waals surface area (Å²) < 4.78 is 6.88. The zero-order valence-corrected chi connectivity index (χ0v) is 8.77. The molecule has 1 aliphatic rings. The van der Waals surface area contributed by atoms with Crippen molar-refractivity contribution in [2.45, 2.75) is 12.8 Å². The van der Waals surface area contributed by atoms with E-state index in [0.717, 1.165) is 6.54 Å². The van der Waals surface area contributed by atoms with E-state index in [2.05, 4.69) is 10.4 Å². The van der Waals surface area contributed by atoms with Crippen molar-refractivity contribution >= 4 is 5.91 Å². The molecule has 5 heteroatoms. The molecule has 0 aliphatic heterocycles. The van der Waals surface area contributed by atoms with Crippen molar-refractivity contribution in [3.63, 3.8) is 0 Å². The molecule has 0 aromatic carbocycles. The van der Waals surface area contributed by atoms with Crippen LogP contribution in [0.5, 0.6) is 5.75 Å². The summed E-state index contributed by atoms with van der Waals surface area (Å²) in [7, 11) is 1.81. The van der Waals surface area contributed by atoms with Gasteiger partial charge in [0.05, 0.1) is 12.4 Å². The Morgan fingerprint density at radius 2 is 2.53 bits per heavy atom. The van der Waals surface area contributed by atoms with Crippen LogP contribution in [0.3, 0.4) is 0 Å². The van der Waals surface area contributed by atoms with Crippen LogP contribution in [-0.2, 0) is 11.8 Å². The zero-order chi connectivity index (χ0) is 10.7. The summed E-state index contributed by atoms with van der Waals surface area (Å²) in [6.07, 6.45) is 5.80. The van der Waals surface area contributed by atoms with Gasteiger partial charge >= 0.3 is 0 Å². The van der Waals surface area contributed by atoms with Gasteiger partial charge in [0.15, 0.2) is 12.4 Å². The largest absolute Gasteiger partial charge is 0.480 e. The first-order chi connectivity index (χ1) is 7.24. The first kappa shape index (κ1) is 10.0. The van der Waals surface area contributed by atoms with Gasteiger partial charge in [0.2, 0.25) is 0 Å². The number of rotatable bonds is 5. The Labute approximate surface area is 88.4 Å². The van der Waals surface area contributed by atoms with Gasteiger partial charge < -0.3 is 10.1 Å².